The second-order valence-electron chi connectivity index (χ2n) is 5.85. The van der Waals surface area contributed by atoms with Gasteiger partial charge in [-0.05, 0) is 48.4 Å². The first kappa shape index (κ1) is 18.4. The Kier molecular flexibility index (Phi) is 6.03. The van der Waals surface area contributed by atoms with Crippen LogP contribution in [0.25, 0.3) is 0 Å². The van der Waals surface area contributed by atoms with E-state index in [2.05, 4.69) is 21.7 Å². The predicted octanol–water partition coefficient (Wildman–Crippen LogP) is 4.32. The quantitative estimate of drug-likeness (QED) is 0.671. The number of benzene rings is 2. The van der Waals surface area contributed by atoms with Crippen LogP contribution >= 0.6 is 11.6 Å². The van der Waals surface area contributed by atoms with Crippen molar-refractivity contribution in [2.24, 2.45) is 0 Å². The minimum absolute atomic E-state index is 0.184. The van der Waals surface area contributed by atoms with Crippen LogP contribution in [0.1, 0.15) is 21.5 Å². The number of para-hydroxylation sites is 1. The summed E-state index contributed by atoms with van der Waals surface area (Å²) in [5.74, 6) is 0.316. The number of anilines is 2. The Labute approximate surface area is 162 Å². The number of halogens is 1. The van der Waals surface area contributed by atoms with E-state index in [1.54, 1.807) is 36.5 Å². The van der Waals surface area contributed by atoms with Crippen LogP contribution in [-0.2, 0) is 6.42 Å². The topological polar surface area (TPSA) is 77.8 Å². The monoisotopic (exact) mass is 376 g/mol. The van der Waals surface area contributed by atoms with Crippen LogP contribution in [0.3, 0.4) is 0 Å². The summed E-state index contributed by atoms with van der Waals surface area (Å²) in [6.07, 6.45) is 2.25. The molecular weight excluding hydrogens is 360 g/mol. The van der Waals surface area contributed by atoms with Crippen LogP contribution in [0.4, 0.5) is 11.5 Å². The molecule has 5 nitrogen and oxygen atoms in total. The van der Waals surface area contributed by atoms with Gasteiger partial charge in [-0.25, -0.2) is 4.98 Å². The van der Waals surface area contributed by atoms with Gasteiger partial charge in [-0.2, -0.15) is 5.26 Å². The molecule has 0 aliphatic carbocycles. The average molecular weight is 377 g/mol. The Morgan fingerprint density at radius 1 is 1.11 bits per heavy atom. The highest BCUT2D eigenvalue weighted by Crippen LogP contribution is 2.19. The smallest absolute Gasteiger partial charge is 0.251 e. The normalized spacial score (nSPS) is 10.1. The number of nitrogens with zero attached hydrogens (tertiary/aromatic N) is 2. The van der Waals surface area contributed by atoms with E-state index in [1.165, 1.54) is 0 Å². The summed E-state index contributed by atoms with van der Waals surface area (Å²) in [5.41, 5.74) is 2.71. The summed E-state index contributed by atoms with van der Waals surface area (Å²) in [7, 11) is 0. The Morgan fingerprint density at radius 2 is 1.96 bits per heavy atom. The molecule has 2 aromatic carbocycles. The molecule has 0 fully saturated rings. The molecule has 0 unspecified atom stereocenters. The zero-order chi connectivity index (χ0) is 19.1. The van der Waals surface area contributed by atoms with E-state index in [0.29, 0.717) is 40.6 Å². The van der Waals surface area contributed by atoms with Gasteiger partial charge in [0, 0.05) is 23.3 Å². The van der Waals surface area contributed by atoms with Crippen LogP contribution in [0.2, 0.25) is 5.02 Å². The number of amides is 1. The fourth-order valence-corrected chi connectivity index (χ4v) is 2.80. The molecule has 0 radical (unpaired) electrons. The zero-order valence-electron chi connectivity index (χ0n) is 14.4. The minimum atomic E-state index is -0.184. The van der Waals surface area contributed by atoms with Gasteiger partial charge in [0.25, 0.3) is 5.91 Å². The number of rotatable bonds is 6. The molecule has 27 heavy (non-hydrogen) atoms. The molecule has 0 aliphatic heterocycles. The molecule has 0 aliphatic rings. The third-order valence-corrected chi connectivity index (χ3v) is 4.16. The molecule has 3 aromatic rings. The van der Waals surface area contributed by atoms with E-state index in [4.69, 9.17) is 16.9 Å². The summed E-state index contributed by atoms with van der Waals surface area (Å²) in [6, 6.07) is 20.1. The number of hydrogen-bond donors (Lipinski definition) is 2. The van der Waals surface area contributed by atoms with Crippen LogP contribution in [0.5, 0.6) is 0 Å². The van der Waals surface area contributed by atoms with Crippen LogP contribution in [0.15, 0.2) is 66.9 Å². The number of carbonyl (C=O) groups is 1. The first-order valence-corrected chi connectivity index (χ1v) is 8.78. The van der Waals surface area contributed by atoms with Crippen LogP contribution in [-0.4, -0.2) is 17.4 Å². The van der Waals surface area contributed by atoms with Gasteiger partial charge in [-0.1, -0.05) is 35.9 Å². The van der Waals surface area contributed by atoms with E-state index in [9.17, 15) is 4.79 Å². The van der Waals surface area contributed by atoms with Crippen molar-refractivity contribution >= 4 is 29.0 Å². The molecule has 6 heteroatoms. The van der Waals surface area contributed by atoms with Crippen molar-refractivity contribution in [3.05, 3.63) is 88.6 Å². The molecular formula is C21H17ClN4O. The van der Waals surface area contributed by atoms with Gasteiger partial charge in [0.15, 0.2) is 0 Å². The molecule has 3 rings (SSSR count). The highest BCUT2D eigenvalue weighted by atomic mass is 35.5. The van der Waals surface area contributed by atoms with Crippen molar-refractivity contribution in [1.82, 2.24) is 10.3 Å². The van der Waals surface area contributed by atoms with Gasteiger partial charge >= 0.3 is 0 Å². The fraction of sp³-hybridized carbons (Fsp3) is 0.0952. The van der Waals surface area contributed by atoms with E-state index in [-0.39, 0.29) is 5.91 Å². The van der Waals surface area contributed by atoms with Crippen molar-refractivity contribution in [3.8, 4) is 6.07 Å². The highest BCUT2D eigenvalue weighted by molar-refractivity contribution is 6.30. The lowest BCUT2D eigenvalue weighted by molar-refractivity contribution is 0.0954. The maximum atomic E-state index is 12.4. The van der Waals surface area contributed by atoms with Gasteiger partial charge < -0.3 is 10.6 Å². The number of nitrogens with one attached hydrogen (secondary N) is 2. The number of aromatic nitrogens is 1. The molecule has 0 bridgehead atoms. The third kappa shape index (κ3) is 5.06. The zero-order valence-corrected chi connectivity index (χ0v) is 15.2. The Balaban J connectivity index is 1.62. The van der Waals surface area contributed by atoms with Crippen LogP contribution in [0, 0.1) is 11.3 Å². The van der Waals surface area contributed by atoms with E-state index in [0.717, 1.165) is 5.56 Å². The van der Waals surface area contributed by atoms with Crippen molar-refractivity contribution in [2.45, 2.75) is 6.42 Å². The van der Waals surface area contributed by atoms with Crippen molar-refractivity contribution in [2.75, 3.05) is 11.9 Å². The van der Waals surface area contributed by atoms with E-state index in [1.807, 2.05) is 30.3 Å². The van der Waals surface area contributed by atoms with Crippen molar-refractivity contribution in [1.29, 1.82) is 5.26 Å². The summed E-state index contributed by atoms with van der Waals surface area (Å²) in [4.78, 5) is 16.6. The first-order chi connectivity index (χ1) is 13.2. The molecule has 2 N–H and O–H groups in total. The minimum Gasteiger partial charge on any atom is -0.352 e. The molecule has 0 atom stereocenters. The molecule has 134 valence electrons. The Hall–Kier alpha value is -3.36. The third-order valence-electron chi connectivity index (χ3n) is 3.92. The average Bonchev–Trinajstić information content (AvgIpc) is 2.68. The van der Waals surface area contributed by atoms with Crippen LogP contribution < -0.4 is 10.6 Å². The lowest BCUT2D eigenvalue weighted by Gasteiger charge is -2.09. The number of nitriles is 1. The first-order valence-electron chi connectivity index (χ1n) is 8.40. The molecule has 1 aromatic heterocycles. The maximum Gasteiger partial charge on any atom is 0.251 e. The van der Waals surface area contributed by atoms with Gasteiger partial charge in [0.1, 0.15) is 11.9 Å². The van der Waals surface area contributed by atoms with Gasteiger partial charge in [0.05, 0.1) is 11.3 Å². The van der Waals surface area contributed by atoms with E-state index >= 15 is 0 Å². The molecule has 1 amide bonds. The lowest BCUT2D eigenvalue weighted by Crippen LogP contribution is -2.25. The van der Waals surface area contributed by atoms with E-state index < -0.39 is 0 Å². The second kappa shape index (κ2) is 8.84. The summed E-state index contributed by atoms with van der Waals surface area (Å²) >= 11 is 5.97. The Morgan fingerprint density at radius 3 is 2.78 bits per heavy atom. The molecule has 0 saturated heterocycles. The van der Waals surface area contributed by atoms with Crippen molar-refractivity contribution < 1.29 is 4.79 Å². The van der Waals surface area contributed by atoms with Gasteiger partial charge in [0.2, 0.25) is 0 Å². The van der Waals surface area contributed by atoms with Gasteiger partial charge in [-0.15, -0.1) is 0 Å². The molecule has 0 saturated carbocycles. The Bertz CT molecular complexity index is 997. The largest absolute Gasteiger partial charge is 0.352 e. The predicted molar refractivity (Wildman–Crippen MR) is 106 cm³/mol. The SMILES string of the molecule is N#Cc1ccccc1Nc1cc(C(=O)NCCc2cccc(Cl)c2)ccn1. The van der Waals surface area contributed by atoms with Gasteiger partial charge in [-0.3, -0.25) is 4.79 Å². The number of pyridine rings is 1. The molecule has 1 heterocycles. The highest BCUT2D eigenvalue weighted by Gasteiger charge is 2.08. The summed E-state index contributed by atoms with van der Waals surface area (Å²) in [5, 5.41) is 15.8. The second-order valence-corrected chi connectivity index (χ2v) is 6.28. The standard InChI is InChI=1S/C21H17ClN4O/c22-18-6-3-4-15(12-18)8-10-25-21(27)16-9-11-24-20(13-16)26-19-7-2-1-5-17(19)14-23/h1-7,9,11-13H,8,10H2,(H,24,26)(H,25,27). The number of hydrogen-bond acceptors (Lipinski definition) is 4. The number of carbonyl (C=O) groups excluding carboxylic acids is 1. The summed E-state index contributed by atoms with van der Waals surface area (Å²) < 4.78 is 0. The maximum absolute atomic E-state index is 12.4. The summed E-state index contributed by atoms with van der Waals surface area (Å²) in [6.45, 7) is 0.502. The van der Waals surface area contributed by atoms with Crippen molar-refractivity contribution in [3.63, 3.8) is 0 Å². The molecule has 0 spiro atoms. The fourth-order valence-electron chi connectivity index (χ4n) is 2.58. The lowest BCUT2D eigenvalue weighted by atomic mass is 10.1.